The molecular weight excluding hydrogens is 228 g/mol. The zero-order valence-corrected chi connectivity index (χ0v) is 11.8. The molecular formula is C15H28O3. The molecule has 0 aromatic heterocycles. The molecule has 0 radical (unpaired) electrons. The Morgan fingerprint density at radius 1 is 0.944 bits per heavy atom. The van der Waals surface area contributed by atoms with E-state index in [-0.39, 0.29) is 12.1 Å². The van der Waals surface area contributed by atoms with Gasteiger partial charge < -0.3 is 4.74 Å². The van der Waals surface area contributed by atoms with E-state index in [9.17, 15) is 0 Å². The number of hydrogen-bond acceptors (Lipinski definition) is 3. The van der Waals surface area contributed by atoms with Crippen molar-refractivity contribution in [3.05, 3.63) is 0 Å². The van der Waals surface area contributed by atoms with E-state index in [1.54, 1.807) is 0 Å². The molecule has 1 spiro atoms. The predicted molar refractivity (Wildman–Crippen MR) is 70.9 cm³/mol. The molecule has 1 unspecified atom stereocenters. The van der Waals surface area contributed by atoms with Crippen molar-refractivity contribution in [3.8, 4) is 0 Å². The largest absolute Gasteiger partial charge is 0.315 e. The lowest BCUT2D eigenvalue weighted by molar-refractivity contribution is -0.337. The second kappa shape index (κ2) is 7.46. The average molecular weight is 256 g/mol. The van der Waals surface area contributed by atoms with Crippen molar-refractivity contribution < 1.29 is 14.5 Å². The molecule has 106 valence electrons. The smallest absolute Gasteiger partial charge is 0.204 e. The number of unbranched alkanes of at least 4 members (excludes halogenated alkanes) is 5. The SMILES string of the molecule is CCCCCCCCC1OOC2(CCCCC2)O1. The van der Waals surface area contributed by atoms with Crippen LogP contribution < -0.4 is 0 Å². The third-order valence-electron chi connectivity index (χ3n) is 4.06. The van der Waals surface area contributed by atoms with Crippen molar-refractivity contribution >= 4 is 0 Å². The second-order valence-electron chi connectivity index (χ2n) is 5.75. The second-order valence-corrected chi connectivity index (χ2v) is 5.75. The van der Waals surface area contributed by atoms with Crippen molar-refractivity contribution in [2.75, 3.05) is 0 Å². The Morgan fingerprint density at radius 2 is 1.67 bits per heavy atom. The minimum absolute atomic E-state index is 0.116. The van der Waals surface area contributed by atoms with Crippen molar-refractivity contribution in [1.29, 1.82) is 0 Å². The molecule has 2 aliphatic rings. The van der Waals surface area contributed by atoms with Crippen LogP contribution in [0.1, 0.15) is 84.0 Å². The first-order chi connectivity index (χ1) is 8.85. The maximum atomic E-state index is 5.97. The fraction of sp³-hybridized carbons (Fsp3) is 1.00. The zero-order chi connectivity index (χ0) is 12.7. The van der Waals surface area contributed by atoms with E-state index in [1.807, 2.05) is 0 Å². The van der Waals surface area contributed by atoms with Gasteiger partial charge in [-0.05, 0) is 19.3 Å². The summed E-state index contributed by atoms with van der Waals surface area (Å²) >= 11 is 0. The van der Waals surface area contributed by atoms with Crippen molar-refractivity contribution in [2.24, 2.45) is 0 Å². The average Bonchev–Trinajstić information content (AvgIpc) is 2.78. The molecule has 0 aromatic carbocycles. The fourth-order valence-corrected chi connectivity index (χ4v) is 2.91. The van der Waals surface area contributed by atoms with Gasteiger partial charge in [-0.15, -0.1) is 0 Å². The van der Waals surface area contributed by atoms with Gasteiger partial charge in [0.05, 0.1) is 0 Å². The number of rotatable bonds is 7. The quantitative estimate of drug-likeness (QED) is 0.488. The topological polar surface area (TPSA) is 27.7 Å². The highest BCUT2D eigenvalue weighted by atomic mass is 17.3. The highest BCUT2D eigenvalue weighted by molar-refractivity contribution is 4.76. The van der Waals surface area contributed by atoms with E-state index in [2.05, 4.69) is 6.92 Å². The van der Waals surface area contributed by atoms with Gasteiger partial charge in [0.25, 0.3) is 0 Å². The van der Waals surface area contributed by atoms with E-state index in [1.165, 1.54) is 57.8 Å². The van der Waals surface area contributed by atoms with Gasteiger partial charge in [0.2, 0.25) is 5.79 Å². The van der Waals surface area contributed by atoms with Crippen LogP contribution in [-0.2, 0) is 14.5 Å². The Hall–Kier alpha value is -0.120. The zero-order valence-electron chi connectivity index (χ0n) is 11.8. The van der Waals surface area contributed by atoms with E-state index in [0.29, 0.717) is 0 Å². The normalized spacial score (nSPS) is 26.8. The summed E-state index contributed by atoms with van der Waals surface area (Å²) in [6.45, 7) is 2.25. The molecule has 1 saturated heterocycles. The van der Waals surface area contributed by atoms with Gasteiger partial charge in [0, 0.05) is 19.3 Å². The summed E-state index contributed by atoms with van der Waals surface area (Å²) in [6.07, 6.45) is 14.4. The molecule has 0 N–H and O–H groups in total. The van der Waals surface area contributed by atoms with Gasteiger partial charge in [-0.1, -0.05) is 45.4 Å². The van der Waals surface area contributed by atoms with Gasteiger partial charge in [0.1, 0.15) is 0 Å². The lowest BCUT2D eigenvalue weighted by atomic mass is 9.94. The fourth-order valence-electron chi connectivity index (χ4n) is 2.91. The summed E-state index contributed by atoms with van der Waals surface area (Å²) in [4.78, 5) is 10.8. The summed E-state index contributed by atoms with van der Waals surface area (Å²) in [5, 5.41) is 0. The third kappa shape index (κ3) is 4.22. The van der Waals surface area contributed by atoms with Crippen LogP contribution in [0, 0.1) is 0 Å². The number of hydrogen-bond donors (Lipinski definition) is 0. The Balaban J connectivity index is 1.55. The molecule has 3 nitrogen and oxygen atoms in total. The molecule has 2 fully saturated rings. The van der Waals surface area contributed by atoms with Crippen molar-refractivity contribution in [3.63, 3.8) is 0 Å². The van der Waals surface area contributed by atoms with Crippen molar-refractivity contribution in [1.82, 2.24) is 0 Å². The molecule has 1 atom stereocenters. The maximum absolute atomic E-state index is 5.97. The lowest BCUT2D eigenvalue weighted by Gasteiger charge is -2.28. The highest BCUT2D eigenvalue weighted by Gasteiger charge is 2.43. The predicted octanol–water partition coefficient (Wildman–Crippen LogP) is 4.70. The van der Waals surface area contributed by atoms with E-state index >= 15 is 0 Å². The monoisotopic (exact) mass is 256 g/mol. The van der Waals surface area contributed by atoms with Crippen LogP contribution in [0.5, 0.6) is 0 Å². The van der Waals surface area contributed by atoms with E-state index in [4.69, 9.17) is 14.5 Å². The van der Waals surface area contributed by atoms with E-state index < -0.39 is 0 Å². The first-order valence-corrected chi connectivity index (χ1v) is 7.87. The molecule has 1 saturated carbocycles. The molecule has 1 aliphatic heterocycles. The third-order valence-corrected chi connectivity index (χ3v) is 4.06. The van der Waals surface area contributed by atoms with E-state index in [0.717, 1.165) is 19.3 Å². The molecule has 0 bridgehead atoms. The van der Waals surface area contributed by atoms with Crippen LogP contribution in [-0.4, -0.2) is 12.1 Å². The summed E-state index contributed by atoms with van der Waals surface area (Å²) in [5.74, 6) is -0.384. The molecule has 2 rings (SSSR count). The van der Waals surface area contributed by atoms with Crippen LogP contribution in [0.2, 0.25) is 0 Å². The Kier molecular flexibility index (Phi) is 5.93. The number of ether oxygens (including phenoxy) is 1. The van der Waals surface area contributed by atoms with Gasteiger partial charge in [-0.2, -0.15) is 4.89 Å². The van der Waals surface area contributed by atoms with Crippen LogP contribution in [0.4, 0.5) is 0 Å². The van der Waals surface area contributed by atoms with Crippen LogP contribution in [0.25, 0.3) is 0 Å². The summed E-state index contributed by atoms with van der Waals surface area (Å²) in [5.41, 5.74) is 0. The standard InChI is InChI=1S/C15H28O3/c1-2-3-4-5-6-8-11-14-16-15(18-17-14)12-9-7-10-13-15/h14H,2-13H2,1H3. The van der Waals surface area contributed by atoms with Crippen LogP contribution in [0.3, 0.4) is 0 Å². The Labute approximate surface area is 111 Å². The first kappa shape index (κ1) is 14.3. The minimum Gasteiger partial charge on any atom is -0.315 e. The maximum Gasteiger partial charge on any atom is 0.204 e. The molecule has 18 heavy (non-hydrogen) atoms. The van der Waals surface area contributed by atoms with Crippen molar-refractivity contribution in [2.45, 2.75) is 96.1 Å². The van der Waals surface area contributed by atoms with Crippen LogP contribution in [0.15, 0.2) is 0 Å². The summed E-state index contributed by atoms with van der Waals surface area (Å²) in [6, 6.07) is 0. The van der Waals surface area contributed by atoms with Crippen LogP contribution >= 0.6 is 0 Å². The van der Waals surface area contributed by atoms with Gasteiger partial charge in [-0.25, -0.2) is 4.89 Å². The molecule has 1 heterocycles. The molecule has 0 amide bonds. The van der Waals surface area contributed by atoms with Gasteiger partial charge in [-0.3, -0.25) is 0 Å². The molecule has 1 aliphatic carbocycles. The molecule has 3 heteroatoms. The Morgan fingerprint density at radius 3 is 2.44 bits per heavy atom. The lowest BCUT2D eigenvalue weighted by Crippen LogP contribution is -2.33. The Bertz CT molecular complexity index is 224. The highest BCUT2D eigenvalue weighted by Crippen LogP contribution is 2.39. The van der Waals surface area contributed by atoms with Gasteiger partial charge in [0.15, 0.2) is 6.29 Å². The minimum atomic E-state index is -0.384. The summed E-state index contributed by atoms with van der Waals surface area (Å²) < 4.78 is 5.97. The van der Waals surface area contributed by atoms with Gasteiger partial charge >= 0.3 is 0 Å². The first-order valence-electron chi connectivity index (χ1n) is 7.87. The molecule has 0 aromatic rings. The summed E-state index contributed by atoms with van der Waals surface area (Å²) in [7, 11) is 0.